The molecule has 2 atom stereocenters. The molecule has 106 valence electrons. The third-order valence-electron chi connectivity index (χ3n) is 5.43. The zero-order valence-corrected chi connectivity index (χ0v) is 12.5. The Morgan fingerprint density at radius 3 is 2.44 bits per heavy atom. The van der Waals surface area contributed by atoms with Gasteiger partial charge in [-0.15, -0.1) is 0 Å². The SMILES string of the molecule is CCC1CCCCCN1C(C)(CN)CC1CCC1. The number of nitrogens with zero attached hydrogens (tertiary/aromatic N) is 1. The third-order valence-corrected chi connectivity index (χ3v) is 5.43. The first kappa shape index (κ1) is 14.3. The Balaban J connectivity index is 2.05. The predicted molar refractivity (Wildman–Crippen MR) is 78.7 cm³/mol. The molecule has 0 radical (unpaired) electrons. The van der Waals surface area contributed by atoms with Crippen LogP contribution in [0.4, 0.5) is 0 Å². The lowest BCUT2D eigenvalue weighted by Crippen LogP contribution is -2.57. The Labute approximate surface area is 113 Å². The van der Waals surface area contributed by atoms with Gasteiger partial charge in [-0.05, 0) is 45.1 Å². The molecule has 1 aliphatic carbocycles. The number of rotatable bonds is 5. The molecule has 2 rings (SSSR count). The van der Waals surface area contributed by atoms with Crippen LogP contribution in [0.5, 0.6) is 0 Å². The van der Waals surface area contributed by atoms with Crippen LogP contribution in [0, 0.1) is 5.92 Å². The highest BCUT2D eigenvalue weighted by molar-refractivity contribution is 4.95. The molecule has 2 nitrogen and oxygen atoms in total. The van der Waals surface area contributed by atoms with Gasteiger partial charge in [-0.2, -0.15) is 0 Å². The highest BCUT2D eigenvalue weighted by atomic mass is 15.2. The van der Waals surface area contributed by atoms with Crippen molar-refractivity contribution < 1.29 is 0 Å². The predicted octanol–water partition coefficient (Wildman–Crippen LogP) is 3.55. The van der Waals surface area contributed by atoms with Crippen LogP contribution in [0.1, 0.15) is 71.6 Å². The summed E-state index contributed by atoms with van der Waals surface area (Å²) in [6, 6.07) is 0.779. The molecule has 1 aliphatic heterocycles. The minimum absolute atomic E-state index is 0.260. The summed E-state index contributed by atoms with van der Waals surface area (Å²) in [6.45, 7) is 6.89. The lowest BCUT2D eigenvalue weighted by Gasteiger charge is -2.47. The van der Waals surface area contributed by atoms with Crippen LogP contribution in [0.3, 0.4) is 0 Å². The Hall–Kier alpha value is -0.0800. The first-order chi connectivity index (χ1) is 8.69. The molecule has 0 aromatic rings. The zero-order chi connectivity index (χ0) is 13.0. The van der Waals surface area contributed by atoms with Crippen LogP contribution in [0.15, 0.2) is 0 Å². The lowest BCUT2D eigenvalue weighted by molar-refractivity contribution is 0.0305. The molecule has 2 heteroatoms. The number of hydrogen-bond acceptors (Lipinski definition) is 2. The van der Waals surface area contributed by atoms with Gasteiger partial charge in [0.2, 0.25) is 0 Å². The van der Waals surface area contributed by atoms with Gasteiger partial charge in [-0.25, -0.2) is 0 Å². The van der Waals surface area contributed by atoms with Crippen molar-refractivity contribution in [2.45, 2.75) is 83.2 Å². The maximum absolute atomic E-state index is 6.19. The van der Waals surface area contributed by atoms with Gasteiger partial charge in [0, 0.05) is 18.1 Å². The molecule has 1 saturated carbocycles. The van der Waals surface area contributed by atoms with E-state index in [1.165, 1.54) is 64.3 Å². The van der Waals surface area contributed by atoms with Gasteiger partial charge in [-0.3, -0.25) is 4.90 Å². The van der Waals surface area contributed by atoms with E-state index in [2.05, 4.69) is 18.7 Å². The van der Waals surface area contributed by atoms with Crippen molar-refractivity contribution in [1.82, 2.24) is 4.90 Å². The summed E-state index contributed by atoms with van der Waals surface area (Å²) in [5, 5.41) is 0. The van der Waals surface area contributed by atoms with E-state index in [1.807, 2.05) is 0 Å². The molecule has 18 heavy (non-hydrogen) atoms. The minimum atomic E-state index is 0.260. The average Bonchev–Trinajstić information content (AvgIpc) is 2.59. The second-order valence-electron chi connectivity index (χ2n) is 6.81. The Morgan fingerprint density at radius 2 is 1.89 bits per heavy atom. The normalized spacial score (nSPS) is 30.5. The maximum Gasteiger partial charge on any atom is 0.0309 e. The molecule has 0 amide bonds. The average molecular weight is 252 g/mol. The van der Waals surface area contributed by atoms with Gasteiger partial charge in [-0.1, -0.05) is 39.0 Å². The molecule has 0 spiro atoms. The molecule has 1 heterocycles. The molecule has 2 unspecified atom stereocenters. The van der Waals surface area contributed by atoms with Crippen molar-refractivity contribution in [2.75, 3.05) is 13.1 Å². The summed E-state index contributed by atoms with van der Waals surface area (Å²) in [6.07, 6.45) is 12.5. The van der Waals surface area contributed by atoms with E-state index in [0.29, 0.717) is 0 Å². The summed E-state index contributed by atoms with van der Waals surface area (Å²) in [5.41, 5.74) is 6.45. The van der Waals surface area contributed by atoms with Crippen molar-refractivity contribution in [3.63, 3.8) is 0 Å². The summed E-state index contributed by atoms with van der Waals surface area (Å²) in [5.74, 6) is 0.958. The zero-order valence-electron chi connectivity index (χ0n) is 12.5. The van der Waals surface area contributed by atoms with Gasteiger partial charge < -0.3 is 5.73 Å². The molecule has 0 aromatic carbocycles. The van der Waals surface area contributed by atoms with E-state index in [4.69, 9.17) is 5.73 Å². The van der Waals surface area contributed by atoms with E-state index in [9.17, 15) is 0 Å². The van der Waals surface area contributed by atoms with Crippen molar-refractivity contribution in [1.29, 1.82) is 0 Å². The molecular weight excluding hydrogens is 220 g/mol. The van der Waals surface area contributed by atoms with Gasteiger partial charge in [0.15, 0.2) is 0 Å². The molecule has 2 aliphatic rings. The minimum Gasteiger partial charge on any atom is -0.329 e. The van der Waals surface area contributed by atoms with Gasteiger partial charge in [0.05, 0.1) is 0 Å². The number of nitrogens with two attached hydrogens (primary N) is 1. The molecule has 2 N–H and O–H groups in total. The Morgan fingerprint density at radius 1 is 1.11 bits per heavy atom. The topological polar surface area (TPSA) is 29.3 Å². The van der Waals surface area contributed by atoms with Crippen molar-refractivity contribution in [3.05, 3.63) is 0 Å². The lowest BCUT2D eigenvalue weighted by atomic mass is 9.75. The summed E-state index contributed by atoms with van der Waals surface area (Å²) < 4.78 is 0. The number of hydrogen-bond donors (Lipinski definition) is 1. The fourth-order valence-corrected chi connectivity index (χ4v) is 3.95. The van der Waals surface area contributed by atoms with Crippen LogP contribution >= 0.6 is 0 Å². The second kappa shape index (κ2) is 6.38. The summed E-state index contributed by atoms with van der Waals surface area (Å²) in [4.78, 5) is 2.79. The molecule has 0 bridgehead atoms. The van der Waals surface area contributed by atoms with Crippen LogP contribution < -0.4 is 5.73 Å². The number of likely N-dealkylation sites (tertiary alicyclic amines) is 1. The molecule has 0 aromatic heterocycles. The maximum atomic E-state index is 6.19. The first-order valence-electron chi connectivity index (χ1n) is 8.16. The van der Waals surface area contributed by atoms with Crippen LogP contribution in [0.2, 0.25) is 0 Å². The molecule has 1 saturated heterocycles. The standard InChI is InChI=1S/C16H32N2/c1-3-15-10-5-4-6-11-18(15)16(2,13-17)12-14-8-7-9-14/h14-15H,3-13,17H2,1-2H3. The largest absolute Gasteiger partial charge is 0.329 e. The molecule has 2 fully saturated rings. The molecular formula is C16H32N2. The van der Waals surface area contributed by atoms with Crippen LogP contribution in [-0.4, -0.2) is 29.6 Å². The fraction of sp³-hybridized carbons (Fsp3) is 1.00. The van der Waals surface area contributed by atoms with Gasteiger partial charge >= 0.3 is 0 Å². The van der Waals surface area contributed by atoms with E-state index in [1.54, 1.807) is 0 Å². The third kappa shape index (κ3) is 3.08. The fourth-order valence-electron chi connectivity index (χ4n) is 3.95. The smallest absolute Gasteiger partial charge is 0.0309 e. The summed E-state index contributed by atoms with van der Waals surface area (Å²) in [7, 11) is 0. The van der Waals surface area contributed by atoms with E-state index < -0.39 is 0 Å². The van der Waals surface area contributed by atoms with E-state index >= 15 is 0 Å². The monoisotopic (exact) mass is 252 g/mol. The Kier molecular flexibility index (Phi) is 5.08. The summed E-state index contributed by atoms with van der Waals surface area (Å²) >= 11 is 0. The second-order valence-corrected chi connectivity index (χ2v) is 6.81. The van der Waals surface area contributed by atoms with Crippen molar-refractivity contribution >= 4 is 0 Å². The first-order valence-corrected chi connectivity index (χ1v) is 8.16. The highest BCUT2D eigenvalue weighted by Crippen LogP contribution is 2.38. The van der Waals surface area contributed by atoms with Gasteiger partial charge in [0.25, 0.3) is 0 Å². The van der Waals surface area contributed by atoms with E-state index in [-0.39, 0.29) is 5.54 Å². The van der Waals surface area contributed by atoms with Crippen LogP contribution in [0.25, 0.3) is 0 Å². The quantitative estimate of drug-likeness (QED) is 0.811. The van der Waals surface area contributed by atoms with Crippen LogP contribution in [-0.2, 0) is 0 Å². The van der Waals surface area contributed by atoms with E-state index in [0.717, 1.165) is 18.5 Å². The van der Waals surface area contributed by atoms with Crippen molar-refractivity contribution in [2.24, 2.45) is 11.7 Å². The Bertz CT molecular complexity index is 249. The highest BCUT2D eigenvalue weighted by Gasteiger charge is 2.38. The van der Waals surface area contributed by atoms with Gasteiger partial charge in [0.1, 0.15) is 0 Å². The van der Waals surface area contributed by atoms with Crippen molar-refractivity contribution in [3.8, 4) is 0 Å².